The van der Waals surface area contributed by atoms with Crippen molar-refractivity contribution in [2.24, 2.45) is 11.1 Å². The lowest BCUT2D eigenvalue weighted by Crippen LogP contribution is -2.56. The number of aliphatic hydroxyl groups is 2. The molecule has 2 aromatic rings. The summed E-state index contributed by atoms with van der Waals surface area (Å²) in [5.41, 5.74) is 6.55. The zero-order chi connectivity index (χ0) is 25.3. The molecule has 0 saturated carbocycles. The van der Waals surface area contributed by atoms with Crippen LogP contribution in [0.3, 0.4) is 0 Å². The van der Waals surface area contributed by atoms with Crippen molar-refractivity contribution in [2.45, 2.75) is 56.8 Å². The van der Waals surface area contributed by atoms with Crippen molar-refractivity contribution < 1.29 is 19.4 Å². The van der Waals surface area contributed by atoms with Gasteiger partial charge in [-0.3, -0.25) is 10.1 Å². The van der Waals surface area contributed by atoms with Crippen LogP contribution in [0.5, 0.6) is 0 Å². The molecular weight excluding hydrogens is 480 g/mol. The quantitative estimate of drug-likeness (QED) is 0.391. The van der Waals surface area contributed by atoms with E-state index in [0.717, 1.165) is 0 Å². The van der Waals surface area contributed by atoms with Gasteiger partial charge in [0, 0.05) is 23.5 Å². The van der Waals surface area contributed by atoms with Crippen molar-refractivity contribution in [1.29, 1.82) is 0 Å². The maximum absolute atomic E-state index is 15.4. The molecule has 0 aliphatic carbocycles. The Hall–Kier alpha value is -1.74. The van der Waals surface area contributed by atoms with E-state index in [1.807, 2.05) is 20.8 Å². The van der Waals surface area contributed by atoms with Gasteiger partial charge in [-0.05, 0) is 41.2 Å². The number of nitrogens with one attached hydrogen (secondary N) is 2. The molecule has 2 aromatic carbocycles. The van der Waals surface area contributed by atoms with Crippen LogP contribution >= 0.6 is 23.2 Å². The van der Waals surface area contributed by atoms with Crippen molar-refractivity contribution in [3.63, 3.8) is 0 Å². The molecule has 5 atom stereocenters. The fourth-order valence-corrected chi connectivity index (χ4v) is 5.22. The zero-order valence-electron chi connectivity index (χ0n) is 19.5. The van der Waals surface area contributed by atoms with Crippen molar-refractivity contribution >= 4 is 29.1 Å². The van der Waals surface area contributed by atoms with E-state index in [-0.39, 0.29) is 29.5 Å². The molecule has 5 unspecified atom stereocenters. The second-order valence-corrected chi connectivity index (χ2v) is 10.8. The Bertz CT molecular complexity index is 1020. The van der Waals surface area contributed by atoms with Crippen LogP contribution < -0.4 is 16.4 Å². The molecule has 0 bridgehead atoms. The summed E-state index contributed by atoms with van der Waals surface area (Å²) in [7, 11) is 0. The molecule has 0 aromatic heterocycles. The first-order chi connectivity index (χ1) is 15.9. The molecule has 34 heavy (non-hydrogen) atoms. The molecular formula is C25H32Cl2FN3O3. The van der Waals surface area contributed by atoms with E-state index in [9.17, 15) is 9.90 Å². The lowest BCUT2D eigenvalue weighted by atomic mass is 9.65. The lowest BCUT2D eigenvalue weighted by molar-refractivity contribution is -0.123. The average molecular weight is 512 g/mol. The predicted molar refractivity (Wildman–Crippen MR) is 132 cm³/mol. The Balaban J connectivity index is 2.14. The standard InChI is InChI=1S/C25H32Cl2FN3O3/c1-24(2,3)23-25(29,14-7-9-15(26)10-8-14)19(17-5-4-6-18(27)20(17)28)21(31-23)22(34)30-12-11-16(33)13-32/h4-10,16,19,21,23,31-33H,11-13,29H2,1-3H3,(H,30,34). The number of halogens is 3. The summed E-state index contributed by atoms with van der Waals surface area (Å²) in [6, 6.07) is 10.4. The Morgan fingerprint density at radius 1 is 1.24 bits per heavy atom. The minimum atomic E-state index is -1.19. The third kappa shape index (κ3) is 5.25. The van der Waals surface area contributed by atoms with Gasteiger partial charge >= 0.3 is 0 Å². The summed E-state index contributed by atoms with van der Waals surface area (Å²) in [4.78, 5) is 13.4. The van der Waals surface area contributed by atoms with Gasteiger partial charge in [0.05, 0.1) is 29.3 Å². The maximum Gasteiger partial charge on any atom is 0.237 e. The molecule has 9 heteroatoms. The van der Waals surface area contributed by atoms with Gasteiger partial charge in [0.25, 0.3) is 0 Å². The first kappa shape index (κ1) is 26.9. The normalized spacial score (nSPS) is 25.9. The van der Waals surface area contributed by atoms with E-state index in [1.54, 1.807) is 36.4 Å². The van der Waals surface area contributed by atoms with E-state index in [2.05, 4.69) is 10.6 Å². The average Bonchev–Trinajstić information content (AvgIpc) is 3.10. The van der Waals surface area contributed by atoms with Gasteiger partial charge in [-0.15, -0.1) is 0 Å². The minimum Gasteiger partial charge on any atom is -0.394 e. The van der Waals surface area contributed by atoms with Crippen LogP contribution in [0.4, 0.5) is 4.39 Å². The van der Waals surface area contributed by atoms with E-state index < -0.39 is 47.5 Å². The Morgan fingerprint density at radius 2 is 1.88 bits per heavy atom. The van der Waals surface area contributed by atoms with E-state index >= 15 is 4.39 Å². The van der Waals surface area contributed by atoms with Gasteiger partial charge in [-0.1, -0.05) is 68.2 Å². The highest BCUT2D eigenvalue weighted by Crippen LogP contribution is 2.50. The minimum absolute atomic E-state index is 0.0552. The van der Waals surface area contributed by atoms with Crippen molar-refractivity contribution in [3.05, 3.63) is 69.5 Å². The number of rotatable bonds is 7. The molecule has 1 saturated heterocycles. The van der Waals surface area contributed by atoms with Crippen LogP contribution in [-0.2, 0) is 10.3 Å². The summed E-state index contributed by atoms with van der Waals surface area (Å²) < 4.78 is 15.4. The molecule has 186 valence electrons. The van der Waals surface area contributed by atoms with Gasteiger partial charge in [0.15, 0.2) is 0 Å². The highest BCUT2D eigenvalue weighted by molar-refractivity contribution is 6.31. The van der Waals surface area contributed by atoms with Crippen LogP contribution in [0.2, 0.25) is 10.0 Å². The number of nitrogens with two attached hydrogens (primary N) is 1. The molecule has 1 aliphatic heterocycles. The smallest absolute Gasteiger partial charge is 0.237 e. The summed E-state index contributed by atoms with van der Waals surface area (Å²) in [6.07, 6.45) is -0.762. The van der Waals surface area contributed by atoms with Gasteiger partial charge in [0.2, 0.25) is 5.91 Å². The predicted octanol–water partition coefficient (Wildman–Crippen LogP) is 3.32. The lowest BCUT2D eigenvalue weighted by Gasteiger charge is -2.43. The number of carbonyl (C=O) groups is 1. The van der Waals surface area contributed by atoms with Gasteiger partial charge in [0.1, 0.15) is 5.82 Å². The van der Waals surface area contributed by atoms with Crippen molar-refractivity contribution in [3.8, 4) is 0 Å². The SMILES string of the molecule is CC(C)(C)C1NC(C(=O)NCCC(O)CO)C(c2cccc(Cl)c2F)C1(N)c1ccc(Cl)cc1. The summed E-state index contributed by atoms with van der Waals surface area (Å²) in [6.45, 7) is 5.76. The number of benzene rings is 2. The van der Waals surface area contributed by atoms with E-state index in [0.29, 0.717) is 10.6 Å². The number of hydrogen-bond acceptors (Lipinski definition) is 5. The van der Waals surface area contributed by atoms with Crippen LogP contribution in [0.1, 0.15) is 44.2 Å². The third-order valence-electron chi connectivity index (χ3n) is 6.47. The van der Waals surface area contributed by atoms with Crippen molar-refractivity contribution in [1.82, 2.24) is 10.6 Å². The summed E-state index contributed by atoms with van der Waals surface area (Å²) >= 11 is 12.3. The molecule has 1 fully saturated rings. The summed E-state index contributed by atoms with van der Waals surface area (Å²) in [5.74, 6) is -1.81. The van der Waals surface area contributed by atoms with Gasteiger partial charge < -0.3 is 21.3 Å². The molecule has 6 N–H and O–H groups in total. The Kier molecular flexibility index (Phi) is 8.28. The topological polar surface area (TPSA) is 108 Å². The van der Waals surface area contributed by atoms with Crippen LogP contribution in [0.15, 0.2) is 42.5 Å². The molecule has 1 amide bonds. The van der Waals surface area contributed by atoms with Crippen LogP contribution in [0, 0.1) is 11.2 Å². The maximum atomic E-state index is 15.4. The zero-order valence-corrected chi connectivity index (χ0v) is 21.0. The molecule has 1 heterocycles. The first-order valence-electron chi connectivity index (χ1n) is 11.2. The Labute approximate surface area is 209 Å². The molecule has 0 spiro atoms. The van der Waals surface area contributed by atoms with Gasteiger partial charge in [-0.25, -0.2) is 4.39 Å². The molecule has 1 aliphatic rings. The van der Waals surface area contributed by atoms with Crippen LogP contribution in [-0.4, -0.2) is 47.5 Å². The number of carbonyl (C=O) groups excluding carboxylic acids is 1. The fourth-order valence-electron chi connectivity index (χ4n) is 4.91. The molecule has 3 rings (SSSR count). The van der Waals surface area contributed by atoms with Crippen LogP contribution in [0.25, 0.3) is 0 Å². The van der Waals surface area contributed by atoms with Crippen molar-refractivity contribution in [2.75, 3.05) is 13.2 Å². The number of aliphatic hydroxyl groups excluding tert-OH is 2. The number of hydrogen-bond donors (Lipinski definition) is 5. The number of amides is 1. The second kappa shape index (κ2) is 10.5. The van der Waals surface area contributed by atoms with E-state index in [1.165, 1.54) is 6.07 Å². The summed E-state index contributed by atoms with van der Waals surface area (Å²) in [5, 5.41) is 25.3. The monoisotopic (exact) mass is 511 g/mol. The van der Waals surface area contributed by atoms with E-state index in [4.69, 9.17) is 34.0 Å². The van der Waals surface area contributed by atoms with Gasteiger partial charge in [-0.2, -0.15) is 0 Å². The largest absolute Gasteiger partial charge is 0.394 e. The molecule has 6 nitrogen and oxygen atoms in total. The second-order valence-electron chi connectivity index (χ2n) is 9.92. The Morgan fingerprint density at radius 3 is 2.47 bits per heavy atom. The highest BCUT2D eigenvalue weighted by Gasteiger charge is 2.59. The third-order valence-corrected chi connectivity index (χ3v) is 7.01. The molecule has 0 radical (unpaired) electrons. The first-order valence-corrected chi connectivity index (χ1v) is 12.0. The highest BCUT2D eigenvalue weighted by atomic mass is 35.5. The fraction of sp³-hybridized carbons (Fsp3) is 0.480.